The van der Waals surface area contributed by atoms with Gasteiger partial charge in [-0.1, -0.05) is 0 Å². The molecule has 0 bridgehead atoms. The molecule has 0 nitrogen and oxygen atoms in total. The Kier molecular flexibility index (Phi) is 208. The SMILES string of the molecule is [Ca].[Cu].[Fe].[Ni].[Zn]. The first kappa shape index (κ1) is 39.7. The van der Waals surface area contributed by atoms with Gasteiger partial charge in [-0.2, -0.15) is 0 Å². The van der Waals surface area contributed by atoms with E-state index >= 15 is 0 Å². The quantitative estimate of drug-likeness (QED) is 0.531. The second-order valence-corrected chi connectivity index (χ2v) is 0. The van der Waals surface area contributed by atoms with Crippen molar-refractivity contribution in [1.82, 2.24) is 0 Å². The Labute approximate surface area is 106 Å². The van der Waals surface area contributed by atoms with Gasteiger partial charge in [0.25, 0.3) is 0 Å². The van der Waals surface area contributed by atoms with Crippen LogP contribution in [0.3, 0.4) is 0 Å². The smallest absolute Gasteiger partial charge is 0 e. The van der Waals surface area contributed by atoms with Crippen molar-refractivity contribution in [2.45, 2.75) is 0 Å². The molecule has 0 aliphatic carbocycles. The molecule has 0 amide bonds. The molecule has 0 N–H and O–H groups in total. The maximum atomic E-state index is 0. The summed E-state index contributed by atoms with van der Waals surface area (Å²) in [5.41, 5.74) is 0. The van der Waals surface area contributed by atoms with Gasteiger partial charge in [0.15, 0.2) is 0 Å². The van der Waals surface area contributed by atoms with E-state index in [9.17, 15) is 0 Å². The van der Waals surface area contributed by atoms with E-state index in [1.54, 1.807) is 0 Å². The molecule has 0 spiro atoms. The van der Waals surface area contributed by atoms with Crippen LogP contribution >= 0.6 is 0 Å². The Morgan fingerprint density at radius 2 is 1.00 bits per heavy atom. The second kappa shape index (κ2) is 26.2. The van der Waals surface area contributed by atoms with Crippen LogP contribution in [0.15, 0.2) is 0 Å². The molecule has 0 aromatic rings. The normalized spacial score (nSPS) is 0. The van der Waals surface area contributed by atoms with E-state index in [0.29, 0.717) is 0 Å². The minimum Gasteiger partial charge on any atom is 0 e. The maximum Gasteiger partial charge on any atom is 0 e. The molecule has 0 fully saturated rings. The second-order valence-electron chi connectivity index (χ2n) is 0. The average Bonchev–Trinajstić information content (AvgIpc) is 0. The molecule has 0 atom stereocenters. The standard InChI is InChI=1S/Ca.Cu.Fe.Ni.Zn. The van der Waals surface area contributed by atoms with Crippen LogP contribution in [0.25, 0.3) is 0 Å². The predicted octanol–water partition coefficient (Wildman–Crippen LogP) is -0.391. The molecule has 0 saturated carbocycles. The van der Waals surface area contributed by atoms with E-state index in [2.05, 4.69) is 0 Å². The summed E-state index contributed by atoms with van der Waals surface area (Å²) in [7, 11) is 0. The summed E-state index contributed by atoms with van der Waals surface area (Å²) in [5.74, 6) is 0. The monoisotopic (exact) mass is 281 g/mol. The third-order valence-electron chi connectivity index (χ3n) is 0. The number of hydrogen-bond acceptors (Lipinski definition) is 0. The summed E-state index contributed by atoms with van der Waals surface area (Å²) < 4.78 is 0. The Balaban J connectivity index is 0. The van der Waals surface area contributed by atoms with E-state index in [4.69, 9.17) is 0 Å². The van der Waals surface area contributed by atoms with Gasteiger partial charge in [-0.05, 0) is 0 Å². The Bertz CT molecular complexity index is 11.6. The molecule has 0 aromatic heterocycles. The topological polar surface area (TPSA) is 0 Å². The summed E-state index contributed by atoms with van der Waals surface area (Å²) in [5, 5.41) is 0. The summed E-state index contributed by atoms with van der Waals surface area (Å²) >= 11 is 0. The van der Waals surface area contributed by atoms with Crippen molar-refractivity contribution in [2.24, 2.45) is 0 Å². The van der Waals surface area contributed by atoms with Gasteiger partial charge in [0, 0.05) is 108 Å². The minimum atomic E-state index is 0. The van der Waals surface area contributed by atoms with Gasteiger partial charge in [0.1, 0.15) is 0 Å². The van der Waals surface area contributed by atoms with Crippen molar-refractivity contribution in [1.29, 1.82) is 0 Å². The van der Waals surface area contributed by atoms with Crippen LogP contribution in [0.2, 0.25) is 0 Å². The molecule has 0 aliphatic rings. The Morgan fingerprint density at radius 1 is 1.00 bits per heavy atom. The minimum absolute atomic E-state index is 0. The van der Waals surface area contributed by atoms with E-state index in [-0.39, 0.29) is 108 Å². The first-order valence-electron chi connectivity index (χ1n) is 0. The van der Waals surface area contributed by atoms with Crippen LogP contribution in [0.4, 0.5) is 0 Å². The molecular weight excluding hydrogens is 284 g/mol. The molecule has 5 heteroatoms. The summed E-state index contributed by atoms with van der Waals surface area (Å²) in [6.45, 7) is 0. The zero-order valence-electron chi connectivity index (χ0n) is 2.39. The third-order valence-corrected chi connectivity index (χ3v) is 0. The molecule has 5 heavy (non-hydrogen) atoms. The molecule has 0 saturated heterocycles. The Morgan fingerprint density at radius 3 is 1.00 bits per heavy atom. The fraction of sp³-hybridized carbons (Fsp3) is 0. The van der Waals surface area contributed by atoms with Crippen LogP contribution in [-0.2, 0) is 70.1 Å². The van der Waals surface area contributed by atoms with Crippen molar-refractivity contribution in [2.75, 3.05) is 0 Å². The summed E-state index contributed by atoms with van der Waals surface area (Å²) in [4.78, 5) is 0. The van der Waals surface area contributed by atoms with Gasteiger partial charge < -0.3 is 0 Å². The molecule has 0 unspecified atom stereocenters. The van der Waals surface area contributed by atoms with Gasteiger partial charge in [0.05, 0.1) is 0 Å². The van der Waals surface area contributed by atoms with Gasteiger partial charge in [-0.25, -0.2) is 0 Å². The van der Waals surface area contributed by atoms with Gasteiger partial charge in [-0.15, -0.1) is 0 Å². The summed E-state index contributed by atoms with van der Waals surface area (Å²) in [6, 6.07) is 0. The van der Waals surface area contributed by atoms with Crippen molar-refractivity contribution in [3.63, 3.8) is 0 Å². The van der Waals surface area contributed by atoms with Crippen molar-refractivity contribution in [3.05, 3.63) is 0 Å². The van der Waals surface area contributed by atoms with Crippen LogP contribution in [-0.4, -0.2) is 37.7 Å². The van der Waals surface area contributed by atoms with Crippen LogP contribution in [0.1, 0.15) is 0 Å². The average molecular weight is 284 g/mol. The molecule has 33 valence electrons. The van der Waals surface area contributed by atoms with E-state index in [0.717, 1.165) is 0 Å². The fourth-order valence-electron chi connectivity index (χ4n) is 0. The van der Waals surface area contributed by atoms with Gasteiger partial charge >= 0.3 is 0 Å². The van der Waals surface area contributed by atoms with E-state index < -0.39 is 0 Å². The van der Waals surface area contributed by atoms with Crippen molar-refractivity contribution >= 4 is 37.7 Å². The molecule has 0 heterocycles. The Hall–Kier alpha value is 3.42. The maximum absolute atomic E-state index is 0. The van der Waals surface area contributed by atoms with E-state index in [1.165, 1.54) is 0 Å². The molecule has 3 radical (unpaired) electrons. The van der Waals surface area contributed by atoms with Gasteiger partial charge in [-0.3, -0.25) is 0 Å². The third kappa shape index (κ3) is 18.6. The van der Waals surface area contributed by atoms with Crippen LogP contribution in [0, 0.1) is 0 Å². The van der Waals surface area contributed by atoms with E-state index in [1.807, 2.05) is 0 Å². The van der Waals surface area contributed by atoms with Crippen LogP contribution in [0.5, 0.6) is 0 Å². The summed E-state index contributed by atoms with van der Waals surface area (Å²) in [6.07, 6.45) is 0. The first-order chi connectivity index (χ1) is 0. The van der Waals surface area contributed by atoms with Gasteiger partial charge in [0.2, 0.25) is 0 Å². The predicted molar refractivity (Wildman–Crippen MR) is 5.75 cm³/mol. The molecule has 0 rings (SSSR count). The molecule has 0 aliphatic heterocycles. The zero-order valence-corrected chi connectivity index (χ0v) is 10.6. The van der Waals surface area contributed by atoms with Crippen molar-refractivity contribution in [3.8, 4) is 0 Å². The van der Waals surface area contributed by atoms with Crippen LogP contribution < -0.4 is 0 Å². The largest absolute Gasteiger partial charge is 0 e. The fourth-order valence-corrected chi connectivity index (χ4v) is 0. The number of rotatable bonds is 0. The molecular formula is CaCuFeNiZn. The first-order valence-corrected chi connectivity index (χ1v) is 0. The van der Waals surface area contributed by atoms with Crippen molar-refractivity contribution < 1.29 is 70.1 Å². The number of hydrogen-bond donors (Lipinski definition) is 0. The zero-order chi connectivity index (χ0) is 0. The molecule has 0 aromatic carbocycles.